The Morgan fingerprint density at radius 3 is 2.05 bits per heavy atom. The number of carbonyl (C=O) groups is 2. The van der Waals surface area contributed by atoms with Crippen molar-refractivity contribution in [1.29, 1.82) is 0 Å². The van der Waals surface area contributed by atoms with Crippen LogP contribution in [0.5, 0.6) is 0 Å². The summed E-state index contributed by atoms with van der Waals surface area (Å²) in [7, 11) is 0. The van der Waals surface area contributed by atoms with E-state index in [-0.39, 0.29) is 11.9 Å². The van der Waals surface area contributed by atoms with Gasteiger partial charge in [0.1, 0.15) is 5.97 Å². The summed E-state index contributed by atoms with van der Waals surface area (Å²) < 4.78 is 32.6. The first-order valence-electron chi connectivity index (χ1n) is 12.5. The highest BCUT2D eigenvalue weighted by Gasteiger charge is 2.49. The van der Waals surface area contributed by atoms with Gasteiger partial charge < -0.3 is 24.8 Å². The number of carboxylic acids is 1. The van der Waals surface area contributed by atoms with E-state index in [0.29, 0.717) is 15.7 Å². The minimum absolute atomic E-state index is 0.0987. The fraction of sp³-hybridized carbons (Fsp3) is 0.357. The zero-order valence-corrected chi connectivity index (χ0v) is 22.6. The number of rotatable bonds is 7. The minimum atomic E-state index is -5.19. The van der Waals surface area contributed by atoms with Crippen molar-refractivity contribution in [1.82, 2.24) is 5.32 Å². The molecule has 3 fully saturated rings. The van der Waals surface area contributed by atoms with Crippen LogP contribution >= 0.6 is 22.7 Å². The van der Waals surface area contributed by atoms with Crippen molar-refractivity contribution in [3.05, 3.63) is 86.8 Å². The lowest BCUT2D eigenvalue weighted by Gasteiger charge is -2.52. The number of fused-ring (bicyclic) bond motifs is 3. The summed E-state index contributed by atoms with van der Waals surface area (Å²) >= 11 is 2.85. The third-order valence-electron chi connectivity index (χ3n) is 7.34. The van der Waals surface area contributed by atoms with Crippen LogP contribution in [-0.4, -0.2) is 59.9 Å². The Bertz CT molecular complexity index is 1220. The van der Waals surface area contributed by atoms with Crippen molar-refractivity contribution < 1.29 is 37.5 Å². The maximum Gasteiger partial charge on any atom is 0.430 e. The number of carbonyl (C=O) groups excluding carboxylic acids is 2. The fourth-order valence-corrected chi connectivity index (χ4v) is 7.00. The molecule has 0 unspecified atom stereocenters. The molecule has 3 aromatic rings. The predicted molar refractivity (Wildman–Crippen MR) is 143 cm³/mol. The largest absolute Gasteiger partial charge is 0.542 e. The number of halogens is 3. The lowest BCUT2D eigenvalue weighted by atomic mass is 9.81. The fourth-order valence-electron chi connectivity index (χ4n) is 5.27. The van der Waals surface area contributed by atoms with E-state index in [0.717, 1.165) is 43.5 Å². The molecule has 6 nitrogen and oxygen atoms in total. The first kappa shape index (κ1) is 29.0. The Hall–Kier alpha value is -2.99. The van der Waals surface area contributed by atoms with E-state index in [9.17, 15) is 23.1 Å². The lowest BCUT2D eigenvalue weighted by molar-refractivity contribution is -0.938. The van der Waals surface area contributed by atoms with Crippen LogP contribution in [0.15, 0.2) is 71.4 Å². The van der Waals surface area contributed by atoms with E-state index in [1.807, 2.05) is 41.1 Å². The summed E-state index contributed by atoms with van der Waals surface area (Å²) in [5, 5.41) is 27.5. The molecule has 2 aromatic heterocycles. The number of nitrogens with zero attached hydrogens (tertiary/aromatic N) is 1. The lowest BCUT2D eigenvalue weighted by Crippen LogP contribution is -2.68. The second-order valence-electron chi connectivity index (χ2n) is 9.83. The third kappa shape index (κ3) is 6.78. The van der Waals surface area contributed by atoms with Crippen LogP contribution in [0.1, 0.15) is 28.2 Å². The molecule has 3 aliphatic rings. The molecule has 6 rings (SSSR count). The summed E-state index contributed by atoms with van der Waals surface area (Å²) in [5.74, 6) is -2.81. The Balaban J connectivity index is 0.000000448. The molecule has 2 N–H and O–H groups in total. The second-order valence-corrected chi connectivity index (χ2v) is 11.7. The SMILES string of the molecule is O=C(N[C@H]1C[N+]2(C/C=C/c3ccccc3)CCC1CC2)C(O)(c1cccs1)c1cccs1.O=C([O-])C(F)(F)F. The molecule has 5 heterocycles. The standard InChI is InChI=1S/C26H28N2O2S2.C2HF3O2/c29-25(26(30,23-10-5-17-31-23)24-11-6-18-32-24)27-22-19-28(15-12-21(22)13-16-28)14-4-9-20-7-2-1-3-8-20;3-2(4,5)1(6)7/h1-11,17-18,21-22,30H,12-16,19H2;(H,6,7)/b9-4+;/t21?,22-,28?;/m0./s1. The summed E-state index contributed by atoms with van der Waals surface area (Å²) in [5.41, 5.74) is -0.397. The molecule has 11 heteroatoms. The molecule has 1 aromatic carbocycles. The number of aliphatic carboxylic acids is 1. The number of nitrogens with one attached hydrogen (secondary N) is 1. The number of carboxylic acid groups (broad SMARTS) is 1. The summed E-state index contributed by atoms with van der Waals surface area (Å²) in [6, 6.07) is 18.0. The van der Waals surface area contributed by atoms with Crippen molar-refractivity contribution in [3.63, 3.8) is 0 Å². The number of alkyl halides is 3. The molecule has 3 saturated heterocycles. The van der Waals surface area contributed by atoms with Crippen LogP contribution in [0.3, 0.4) is 0 Å². The van der Waals surface area contributed by atoms with Gasteiger partial charge in [0, 0.05) is 12.8 Å². The van der Waals surface area contributed by atoms with E-state index >= 15 is 0 Å². The number of hydrogen-bond acceptors (Lipinski definition) is 6. The van der Waals surface area contributed by atoms with Gasteiger partial charge in [-0.25, -0.2) is 0 Å². The van der Waals surface area contributed by atoms with Crippen LogP contribution in [0, 0.1) is 5.92 Å². The van der Waals surface area contributed by atoms with E-state index in [4.69, 9.17) is 9.90 Å². The summed E-state index contributed by atoms with van der Waals surface area (Å²) in [4.78, 5) is 23.7. The average Bonchev–Trinajstić information content (AvgIpc) is 3.65. The zero-order valence-electron chi connectivity index (χ0n) is 21.0. The normalized spacial score (nSPS) is 22.8. The first-order chi connectivity index (χ1) is 18.5. The molecule has 39 heavy (non-hydrogen) atoms. The molecule has 1 amide bonds. The molecule has 3 aliphatic heterocycles. The van der Waals surface area contributed by atoms with Crippen LogP contribution in [-0.2, 0) is 15.2 Å². The molecule has 2 bridgehead atoms. The maximum atomic E-state index is 13.5. The number of thiophene rings is 2. The van der Waals surface area contributed by atoms with Gasteiger partial charge in [0.15, 0.2) is 0 Å². The molecular formula is C28H29F3N2O4S2. The highest BCUT2D eigenvalue weighted by Crippen LogP contribution is 2.38. The Labute approximate surface area is 232 Å². The Morgan fingerprint density at radius 2 is 1.56 bits per heavy atom. The van der Waals surface area contributed by atoms with Crippen molar-refractivity contribution in [2.75, 3.05) is 26.2 Å². The molecular weight excluding hydrogens is 549 g/mol. The van der Waals surface area contributed by atoms with Crippen molar-refractivity contribution >= 4 is 40.6 Å². The van der Waals surface area contributed by atoms with Gasteiger partial charge in [-0.15, -0.1) is 22.7 Å². The molecule has 0 radical (unpaired) electrons. The van der Waals surface area contributed by atoms with Gasteiger partial charge in [-0.05, 0) is 40.5 Å². The minimum Gasteiger partial charge on any atom is -0.542 e. The number of amides is 1. The van der Waals surface area contributed by atoms with Crippen LogP contribution in [0.2, 0.25) is 0 Å². The second kappa shape index (κ2) is 12.0. The van der Waals surface area contributed by atoms with E-state index in [1.165, 1.54) is 28.2 Å². The third-order valence-corrected chi connectivity index (χ3v) is 9.29. The van der Waals surface area contributed by atoms with Gasteiger partial charge in [-0.3, -0.25) is 4.79 Å². The van der Waals surface area contributed by atoms with Crippen molar-refractivity contribution in [2.45, 2.75) is 30.7 Å². The van der Waals surface area contributed by atoms with Crippen LogP contribution in [0.25, 0.3) is 6.08 Å². The number of hydrogen-bond donors (Lipinski definition) is 2. The molecule has 0 aliphatic carbocycles. The average molecular weight is 579 g/mol. The molecule has 1 atom stereocenters. The molecule has 208 valence electrons. The predicted octanol–water partition coefficient (Wildman–Crippen LogP) is 3.78. The topological polar surface area (TPSA) is 89.5 Å². The molecule has 0 spiro atoms. The number of piperidine rings is 3. The van der Waals surface area contributed by atoms with Gasteiger partial charge in [0.2, 0.25) is 5.60 Å². The van der Waals surface area contributed by atoms with Crippen molar-refractivity contribution in [3.8, 4) is 0 Å². The maximum absolute atomic E-state index is 13.5. The van der Waals surface area contributed by atoms with E-state index in [2.05, 4.69) is 41.7 Å². The van der Waals surface area contributed by atoms with Gasteiger partial charge in [0.05, 0.1) is 42.0 Å². The Morgan fingerprint density at radius 1 is 1.00 bits per heavy atom. The Kier molecular flexibility index (Phi) is 8.95. The van der Waals surface area contributed by atoms with Crippen molar-refractivity contribution in [2.24, 2.45) is 5.92 Å². The van der Waals surface area contributed by atoms with Crippen LogP contribution < -0.4 is 10.4 Å². The first-order valence-corrected chi connectivity index (χ1v) is 14.3. The smallest absolute Gasteiger partial charge is 0.430 e. The number of benzene rings is 1. The van der Waals surface area contributed by atoms with E-state index in [1.54, 1.807) is 0 Å². The van der Waals surface area contributed by atoms with Gasteiger partial charge in [-0.2, -0.15) is 13.2 Å². The summed E-state index contributed by atoms with van der Waals surface area (Å²) in [6.45, 7) is 4.24. The quantitative estimate of drug-likeness (QED) is 0.418. The van der Waals surface area contributed by atoms with Gasteiger partial charge >= 0.3 is 6.18 Å². The highest BCUT2D eigenvalue weighted by molar-refractivity contribution is 7.12. The van der Waals surface area contributed by atoms with Gasteiger partial charge in [0.25, 0.3) is 5.91 Å². The van der Waals surface area contributed by atoms with Gasteiger partial charge in [-0.1, -0.05) is 48.5 Å². The molecule has 0 saturated carbocycles. The number of quaternary nitrogens is 1. The number of aliphatic hydroxyl groups is 1. The zero-order chi connectivity index (χ0) is 28.1. The highest BCUT2D eigenvalue weighted by atomic mass is 32.1. The van der Waals surface area contributed by atoms with Crippen LogP contribution in [0.4, 0.5) is 13.2 Å². The summed E-state index contributed by atoms with van der Waals surface area (Å²) in [6.07, 6.45) is 1.54. The van der Waals surface area contributed by atoms with E-state index < -0.39 is 17.7 Å². The monoisotopic (exact) mass is 578 g/mol.